The van der Waals surface area contributed by atoms with Crippen LogP contribution in [0.1, 0.15) is 24.8 Å². The van der Waals surface area contributed by atoms with Crippen LogP contribution in [0.25, 0.3) is 0 Å². The highest BCUT2D eigenvalue weighted by Gasteiger charge is 2.33. The standard InChI is InChI=1S/C18H25F3N4O3S/c1-29(27,28)25-8-2-7-24(11-12-25)17(26)14-5-9-23(10-6-14)16-4-3-15(13-22-16)18(19,20)21/h3-4,13-14H,2,5-12H2,1H3. The summed E-state index contributed by atoms with van der Waals surface area (Å²) in [6, 6.07) is 2.38. The van der Waals surface area contributed by atoms with E-state index in [9.17, 15) is 26.4 Å². The molecule has 2 fully saturated rings. The van der Waals surface area contributed by atoms with Crippen molar-refractivity contribution in [2.45, 2.75) is 25.4 Å². The predicted octanol–water partition coefficient (Wildman–Crippen LogP) is 1.81. The van der Waals surface area contributed by atoms with Gasteiger partial charge in [0.25, 0.3) is 0 Å². The van der Waals surface area contributed by atoms with Gasteiger partial charge in [-0.05, 0) is 31.4 Å². The van der Waals surface area contributed by atoms with Gasteiger partial charge in [-0.2, -0.15) is 13.2 Å². The van der Waals surface area contributed by atoms with Gasteiger partial charge in [0.2, 0.25) is 15.9 Å². The summed E-state index contributed by atoms with van der Waals surface area (Å²) in [5.74, 6) is 0.341. The second-order valence-electron chi connectivity index (χ2n) is 7.51. The van der Waals surface area contributed by atoms with E-state index in [1.54, 1.807) is 4.90 Å². The average Bonchev–Trinajstić information content (AvgIpc) is 2.93. The summed E-state index contributed by atoms with van der Waals surface area (Å²) in [6.45, 7) is 2.72. The molecule has 0 bridgehead atoms. The molecule has 2 aliphatic rings. The summed E-state index contributed by atoms with van der Waals surface area (Å²) in [5, 5.41) is 0. The maximum Gasteiger partial charge on any atom is 0.417 e. The topological polar surface area (TPSA) is 73.8 Å². The molecule has 1 aromatic rings. The average molecular weight is 434 g/mol. The number of carbonyl (C=O) groups is 1. The molecule has 7 nitrogen and oxygen atoms in total. The normalized spacial score (nSPS) is 20.6. The molecule has 29 heavy (non-hydrogen) atoms. The number of nitrogens with zero attached hydrogens (tertiary/aromatic N) is 4. The molecular formula is C18H25F3N4O3S. The number of hydrogen-bond donors (Lipinski definition) is 0. The Labute approximate surface area is 168 Å². The van der Waals surface area contributed by atoms with E-state index in [0.29, 0.717) is 64.3 Å². The second-order valence-corrected chi connectivity index (χ2v) is 9.49. The fraction of sp³-hybridized carbons (Fsp3) is 0.667. The monoisotopic (exact) mass is 434 g/mol. The number of anilines is 1. The van der Waals surface area contributed by atoms with Gasteiger partial charge in [0.05, 0.1) is 11.8 Å². The van der Waals surface area contributed by atoms with Gasteiger partial charge in [-0.25, -0.2) is 17.7 Å². The second kappa shape index (κ2) is 8.47. The zero-order valence-corrected chi connectivity index (χ0v) is 17.0. The highest BCUT2D eigenvalue weighted by molar-refractivity contribution is 7.88. The van der Waals surface area contributed by atoms with E-state index in [4.69, 9.17) is 0 Å². The van der Waals surface area contributed by atoms with Gasteiger partial charge in [0.1, 0.15) is 5.82 Å². The molecule has 162 valence electrons. The number of aromatic nitrogens is 1. The van der Waals surface area contributed by atoms with Crippen LogP contribution in [0.2, 0.25) is 0 Å². The highest BCUT2D eigenvalue weighted by Crippen LogP contribution is 2.30. The van der Waals surface area contributed by atoms with Crippen LogP contribution in [0.3, 0.4) is 0 Å². The Kier molecular flexibility index (Phi) is 6.37. The molecule has 0 radical (unpaired) electrons. The number of amides is 1. The molecule has 0 aromatic carbocycles. The molecule has 0 aliphatic carbocycles. The Hall–Kier alpha value is -1.88. The number of hydrogen-bond acceptors (Lipinski definition) is 5. The molecule has 11 heteroatoms. The molecule has 0 unspecified atom stereocenters. The largest absolute Gasteiger partial charge is 0.417 e. The summed E-state index contributed by atoms with van der Waals surface area (Å²) in [7, 11) is -3.26. The van der Waals surface area contributed by atoms with Crippen molar-refractivity contribution in [2.75, 3.05) is 50.4 Å². The fourth-order valence-corrected chi connectivity index (χ4v) is 4.67. The van der Waals surface area contributed by atoms with Gasteiger partial charge in [-0.3, -0.25) is 4.79 Å². The van der Waals surface area contributed by atoms with Crippen LogP contribution in [-0.4, -0.2) is 74.0 Å². The summed E-state index contributed by atoms with van der Waals surface area (Å²) < 4.78 is 62.8. The van der Waals surface area contributed by atoms with Crippen molar-refractivity contribution >= 4 is 21.7 Å². The lowest BCUT2D eigenvalue weighted by Gasteiger charge is -2.34. The highest BCUT2D eigenvalue weighted by atomic mass is 32.2. The zero-order valence-electron chi connectivity index (χ0n) is 16.2. The van der Waals surface area contributed by atoms with Crippen molar-refractivity contribution in [3.63, 3.8) is 0 Å². The van der Waals surface area contributed by atoms with E-state index in [0.717, 1.165) is 12.3 Å². The van der Waals surface area contributed by atoms with Crippen LogP contribution in [0.15, 0.2) is 18.3 Å². The van der Waals surface area contributed by atoms with Crippen molar-refractivity contribution in [1.82, 2.24) is 14.2 Å². The maximum absolute atomic E-state index is 12.9. The third-order valence-corrected chi connectivity index (χ3v) is 6.78. The number of rotatable bonds is 3. The lowest BCUT2D eigenvalue weighted by Crippen LogP contribution is -2.44. The third kappa shape index (κ3) is 5.39. The Balaban J connectivity index is 1.54. The Morgan fingerprint density at radius 1 is 1.07 bits per heavy atom. The van der Waals surface area contributed by atoms with Crippen molar-refractivity contribution in [3.05, 3.63) is 23.9 Å². The minimum Gasteiger partial charge on any atom is -0.357 e. The van der Waals surface area contributed by atoms with E-state index in [1.165, 1.54) is 16.6 Å². The minimum absolute atomic E-state index is 0.0281. The number of halogens is 3. The van der Waals surface area contributed by atoms with Crippen LogP contribution in [-0.2, 0) is 21.0 Å². The van der Waals surface area contributed by atoms with Gasteiger partial charge in [0, 0.05) is 51.4 Å². The van der Waals surface area contributed by atoms with Gasteiger partial charge >= 0.3 is 6.18 Å². The van der Waals surface area contributed by atoms with Gasteiger partial charge in [-0.1, -0.05) is 0 Å². The molecule has 2 aliphatic heterocycles. The first-order valence-electron chi connectivity index (χ1n) is 9.58. The minimum atomic E-state index is -4.41. The van der Waals surface area contributed by atoms with E-state index >= 15 is 0 Å². The molecule has 3 rings (SSSR count). The van der Waals surface area contributed by atoms with Crippen LogP contribution in [0, 0.1) is 5.92 Å². The van der Waals surface area contributed by atoms with Crippen molar-refractivity contribution in [2.24, 2.45) is 5.92 Å². The quantitative estimate of drug-likeness (QED) is 0.726. The first-order chi connectivity index (χ1) is 13.6. The van der Waals surface area contributed by atoms with E-state index in [1.807, 2.05) is 4.90 Å². The van der Waals surface area contributed by atoms with Crippen LogP contribution in [0.5, 0.6) is 0 Å². The molecule has 0 spiro atoms. The number of piperidine rings is 1. The molecule has 0 saturated carbocycles. The smallest absolute Gasteiger partial charge is 0.357 e. The summed E-state index contributed by atoms with van der Waals surface area (Å²) in [6.07, 6.45) is -0.619. The van der Waals surface area contributed by atoms with Crippen LogP contribution >= 0.6 is 0 Å². The fourth-order valence-electron chi connectivity index (χ4n) is 3.80. The van der Waals surface area contributed by atoms with Crippen molar-refractivity contribution < 1.29 is 26.4 Å². The molecule has 1 amide bonds. The summed E-state index contributed by atoms with van der Waals surface area (Å²) in [5.41, 5.74) is -0.782. The molecule has 1 aromatic heterocycles. The molecule has 3 heterocycles. The Morgan fingerprint density at radius 2 is 1.76 bits per heavy atom. The number of carbonyl (C=O) groups excluding carboxylic acids is 1. The van der Waals surface area contributed by atoms with Crippen LogP contribution < -0.4 is 4.90 Å². The number of sulfonamides is 1. The first kappa shape index (κ1) is 21.8. The molecular weight excluding hydrogens is 409 g/mol. The number of pyridine rings is 1. The summed E-state index contributed by atoms with van der Waals surface area (Å²) in [4.78, 5) is 20.4. The molecule has 0 atom stereocenters. The van der Waals surface area contributed by atoms with E-state index < -0.39 is 21.8 Å². The lowest BCUT2D eigenvalue weighted by molar-refractivity contribution is -0.138. The zero-order chi connectivity index (χ0) is 21.2. The van der Waals surface area contributed by atoms with Gasteiger partial charge < -0.3 is 9.80 Å². The van der Waals surface area contributed by atoms with Gasteiger partial charge in [0.15, 0.2) is 0 Å². The van der Waals surface area contributed by atoms with Crippen LogP contribution in [0.4, 0.5) is 19.0 Å². The Morgan fingerprint density at radius 3 is 2.31 bits per heavy atom. The van der Waals surface area contributed by atoms with Crippen molar-refractivity contribution in [3.8, 4) is 0 Å². The third-order valence-electron chi connectivity index (χ3n) is 5.48. The maximum atomic E-state index is 12.9. The number of alkyl halides is 3. The molecule has 0 N–H and O–H groups in total. The predicted molar refractivity (Wildman–Crippen MR) is 102 cm³/mol. The lowest BCUT2D eigenvalue weighted by atomic mass is 9.95. The van der Waals surface area contributed by atoms with Crippen molar-refractivity contribution in [1.29, 1.82) is 0 Å². The van der Waals surface area contributed by atoms with E-state index in [-0.39, 0.29) is 11.8 Å². The van der Waals surface area contributed by atoms with E-state index in [2.05, 4.69) is 4.98 Å². The molecule has 2 saturated heterocycles. The summed E-state index contributed by atoms with van der Waals surface area (Å²) >= 11 is 0. The SMILES string of the molecule is CS(=O)(=O)N1CCCN(C(=O)C2CCN(c3ccc(C(F)(F)F)cn3)CC2)CC1. The Bertz CT molecular complexity index is 822. The first-order valence-corrected chi connectivity index (χ1v) is 11.4. The van der Waals surface area contributed by atoms with Gasteiger partial charge in [-0.15, -0.1) is 0 Å².